The van der Waals surface area contributed by atoms with Gasteiger partial charge in [0.15, 0.2) is 0 Å². The van der Waals surface area contributed by atoms with Crippen LogP contribution in [-0.4, -0.2) is 39.5 Å². The average molecular weight is 546 g/mol. The minimum absolute atomic E-state index is 0.0427. The molecular formula is C31H35N3O4S. The molecule has 7 nitrogen and oxygen atoms in total. The first-order valence-electron chi connectivity index (χ1n) is 13.4. The minimum atomic E-state index is -0.637. The average Bonchev–Trinajstić information content (AvgIpc) is 3.45. The molecule has 0 bridgehead atoms. The molecule has 0 aliphatic heterocycles. The lowest BCUT2D eigenvalue weighted by Crippen LogP contribution is -2.52. The van der Waals surface area contributed by atoms with Crippen LogP contribution in [0.2, 0.25) is 0 Å². The predicted octanol–water partition coefficient (Wildman–Crippen LogP) is 5.84. The van der Waals surface area contributed by atoms with Crippen LogP contribution < -0.4 is 5.32 Å². The standard InChI is InChI=1S/C31H35N3O4S/c1-23-11-13-25(14-12-23)20-33(30(35)22-39-21-26-15-17-28(18-16-26)34(37)38)29(19-24-7-3-2-4-8-24)31(36)32-27-9-5-6-10-27/h2-4,7-8,11-18,27,29H,5-6,9-10,19-22H2,1H3,(H,32,36)/t29-/m1/s1. The van der Waals surface area contributed by atoms with Crippen molar-refractivity contribution in [2.24, 2.45) is 0 Å². The number of nitrogens with one attached hydrogen (secondary N) is 1. The van der Waals surface area contributed by atoms with Crippen LogP contribution in [0.3, 0.4) is 0 Å². The third-order valence-corrected chi connectivity index (χ3v) is 8.08. The molecule has 3 aromatic rings. The highest BCUT2D eigenvalue weighted by molar-refractivity contribution is 7.99. The van der Waals surface area contributed by atoms with E-state index < -0.39 is 11.0 Å². The smallest absolute Gasteiger partial charge is 0.269 e. The van der Waals surface area contributed by atoms with Crippen LogP contribution in [0.15, 0.2) is 78.9 Å². The molecule has 2 amide bonds. The van der Waals surface area contributed by atoms with Crippen LogP contribution in [-0.2, 0) is 28.3 Å². The monoisotopic (exact) mass is 545 g/mol. The number of benzene rings is 3. The summed E-state index contributed by atoms with van der Waals surface area (Å²) >= 11 is 1.45. The van der Waals surface area contributed by atoms with Crippen LogP contribution >= 0.6 is 11.8 Å². The molecule has 1 fully saturated rings. The van der Waals surface area contributed by atoms with Crippen LogP contribution in [0.1, 0.15) is 47.9 Å². The Labute approximate surface area is 234 Å². The van der Waals surface area contributed by atoms with Crippen molar-refractivity contribution in [1.29, 1.82) is 0 Å². The Morgan fingerprint density at radius 2 is 1.59 bits per heavy atom. The number of nitro groups is 1. The van der Waals surface area contributed by atoms with Gasteiger partial charge >= 0.3 is 0 Å². The molecular weight excluding hydrogens is 510 g/mol. The van der Waals surface area contributed by atoms with Crippen molar-refractivity contribution >= 4 is 29.3 Å². The van der Waals surface area contributed by atoms with Crippen molar-refractivity contribution in [3.8, 4) is 0 Å². The van der Waals surface area contributed by atoms with Gasteiger partial charge < -0.3 is 10.2 Å². The van der Waals surface area contributed by atoms with Crippen molar-refractivity contribution in [2.75, 3.05) is 5.75 Å². The fourth-order valence-corrected chi connectivity index (χ4v) is 5.74. The second-order valence-corrected chi connectivity index (χ2v) is 11.1. The summed E-state index contributed by atoms with van der Waals surface area (Å²) in [6.07, 6.45) is 4.60. The summed E-state index contributed by atoms with van der Waals surface area (Å²) < 4.78 is 0. The van der Waals surface area contributed by atoms with Gasteiger partial charge in [-0.05, 0) is 36.5 Å². The fourth-order valence-electron chi connectivity index (χ4n) is 4.86. The maximum atomic E-state index is 13.8. The Balaban J connectivity index is 1.53. The number of non-ortho nitro benzene ring substituents is 1. The zero-order valence-corrected chi connectivity index (χ0v) is 23.1. The lowest BCUT2D eigenvalue weighted by atomic mass is 10.0. The van der Waals surface area contributed by atoms with Gasteiger partial charge in [0.25, 0.3) is 5.69 Å². The molecule has 204 valence electrons. The number of aryl methyl sites for hydroxylation is 1. The van der Waals surface area contributed by atoms with Crippen molar-refractivity contribution in [3.63, 3.8) is 0 Å². The number of carbonyl (C=O) groups excluding carboxylic acids is 2. The predicted molar refractivity (Wildman–Crippen MR) is 155 cm³/mol. The summed E-state index contributed by atoms with van der Waals surface area (Å²) in [5.41, 5.74) is 4.06. The normalized spacial score (nSPS) is 14.1. The van der Waals surface area contributed by atoms with E-state index in [0.717, 1.165) is 47.9 Å². The molecule has 1 saturated carbocycles. The van der Waals surface area contributed by atoms with Crippen molar-refractivity contribution in [1.82, 2.24) is 10.2 Å². The van der Waals surface area contributed by atoms with Gasteiger partial charge in [-0.3, -0.25) is 19.7 Å². The van der Waals surface area contributed by atoms with Gasteiger partial charge in [-0.1, -0.05) is 85.1 Å². The first-order chi connectivity index (χ1) is 18.9. The molecule has 3 aromatic carbocycles. The molecule has 1 N–H and O–H groups in total. The molecule has 4 rings (SSSR count). The number of hydrogen-bond donors (Lipinski definition) is 1. The lowest BCUT2D eigenvalue weighted by molar-refractivity contribution is -0.384. The van der Waals surface area contributed by atoms with E-state index in [-0.39, 0.29) is 29.3 Å². The maximum Gasteiger partial charge on any atom is 0.269 e. The van der Waals surface area contributed by atoms with Crippen molar-refractivity contribution in [2.45, 2.75) is 63.4 Å². The molecule has 1 aliphatic rings. The number of amides is 2. The quantitative estimate of drug-likeness (QED) is 0.228. The number of nitro benzene ring substituents is 1. The van der Waals surface area contributed by atoms with Crippen LogP contribution in [0, 0.1) is 17.0 Å². The largest absolute Gasteiger partial charge is 0.352 e. The lowest BCUT2D eigenvalue weighted by Gasteiger charge is -2.32. The van der Waals surface area contributed by atoms with Crippen molar-refractivity contribution in [3.05, 3.63) is 111 Å². The second-order valence-electron chi connectivity index (χ2n) is 10.1. The zero-order chi connectivity index (χ0) is 27.6. The molecule has 0 spiro atoms. The highest BCUT2D eigenvalue weighted by atomic mass is 32.2. The Bertz CT molecular complexity index is 1240. The Kier molecular flexibility index (Phi) is 10.1. The molecule has 8 heteroatoms. The molecule has 0 unspecified atom stereocenters. The highest BCUT2D eigenvalue weighted by Gasteiger charge is 2.32. The molecule has 39 heavy (non-hydrogen) atoms. The molecule has 0 radical (unpaired) electrons. The first-order valence-corrected chi connectivity index (χ1v) is 14.5. The van der Waals surface area contributed by atoms with Crippen LogP contribution in [0.5, 0.6) is 0 Å². The third kappa shape index (κ3) is 8.42. The zero-order valence-electron chi connectivity index (χ0n) is 22.3. The van der Waals surface area contributed by atoms with Gasteiger partial charge in [0.05, 0.1) is 10.7 Å². The van der Waals surface area contributed by atoms with E-state index in [1.54, 1.807) is 17.0 Å². The van der Waals surface area contributed by atoms with Gasteiger partial charge in [-0.15, -0.1) is 11.8 Å². The molecule has 0 heterocycles. The van der Waals surface area contributed by atoms with Crippen LogP contribution in [0.25, 0.3) is 0 Å². The Morgan fingerprint density at radius 3 is 2.23 bits per heavy atom. The summed E-state index contributed by atoms with van der Waals surface area (Å²) in [7, 11) is 0. The SMILES string of the molecule is Cc1ccc(CN(C(=O)CSCc2ccc([N+](=O)[O-])cc2)[C@H](Cc2ccccc2)C(=O)NC2CCCC2)cc1. The summed E-state index contributed by atoms with van der Waals surface area (Å²) in [5.74, 6) is 0.529. The van der Waals surface area contributed by atoms with Gasteiger partial charge in [-0.25, -0.2) is 0 Å². The first kappa shape index (κ1) is 28.4. The van der Waals surface area contributed by atoms with E-state index in [9.17, 15) is 19.7 Å². The number of rotatable bonds is 12. The van der Waals surface area contributed by atoms with Crippen LogP contribution in [0.4, 0.5) is 5.69 Å². The van der Waals surface area contributed by atoms with Gasteiger partial charge in [0, 0.05) is 36.9 Å². The van der Waals surface area contributed by atoms with E-state index in [0.29, 0.717) is 18.7 Å². The van der Waals surface area contributed by atoms with Gasteiger partial charge in [0.1, 0.15) is 6.04 Å². The summed E-state index contributed by atoms with van der Waals surface area (Å²) in [5, 5.41) is 14.2. The Hall–Kier alpha value is -3.65. The number of thioether (sulfide) groups is 1. The molecule has 0 aromatic heterocycles. The highest BCUT2D eigenvalue weighted by Crippen LogP contribution is 2.22. The fraction of sp³-hybridized carbons (Fsp3) is 0.355. The van der Waals surface area contributed by atoms with E-state index in [1.807, 2.05) is 61.5 Å². The maximum absolute atomic E-state index is 13.8. The molecule has 0 saturated heterocycles. The van der Waals surface area contributed by atoms with E-state index in [2.05, 4.69) is 5.32 Å². The molecule has 1 atom stereocenters. The van der Waals surface area contributed by atoms with Gasteiger partial charge in [-0.2, -0.15) is 0 Å². The van der Waals surface area contributed by atoms with Crippen molar-refractivity contribution < 1.29 is 14.5 Å². The number of nitrogens with zero attached hydrogens (tertiary/aromatic N) is 2. The molecule has 1 aliphatic carbocycles. The van der Waals surface area contributed by atoms with Gasteiger partial charge in [0.2, 0.25) is 11.8 Å². The number of hydrogen-bond acceptors (Lipinski definition) is 5. The summed E-state index contributed by atoms with van der Waals surface area (Å²) in [4.78, 5) is 39.7. The van der Waals surface area contributed by atoms with E-state index >= 15 is 0 Å². The summed E-state index contributed by atoms with van der Waals surface area (Å²) in [6, 6.07) is 23.8. The van der Waals surface area contributed by atoms with E-state index in [1.165, 1.54) is 23.9 Å². The topological polar surface area (TPSA) is 92.6 Å². The summed E-state index contributed by atoms with van der Waals surface area (Å²) in [6.45, 7) is 2.36. The minimum Gasteiger partial charge on any atom is -0.352 e. The number of carbonyl (C=O) groups is 2. The third-order valence-electron chi connectivity index (χ3n) is 7.09. The van der Waals surface area contributed by atoms with E-state index in [4.69, 9.17) is 0 Å². The second kappa shape index (κ2) is 13.9. The Morgan fingerprint density at radius 1 is 0.949 bits per heavy atom.